The van der Waals surface area contributed by atoms with Crippen LogP contribution in [0.15, 0.2) is 53.4 Å². The van der Waals surface area contributed by atoms with E-state index in [0.29, 0.717) is 18.7 Å². The Morgan fingerprint density at radius 1 is 1.09 bits per heavy atom. The SMILES string of the molecule is CNS(=O)(=O)c1ccc2c(c1)CN(C(=O)c1ccccc1)CC2. The van der Waals surface area contributed by atoms with Crippen LogP contribution in [-0.4, -0.2) is 32.8 Å². The molecule has 0 aromatic heterocycles. The van der Waals surface area contributed by atoms with Gasteiger partial charge in [0.15, 0.2) is 0 Å². The minimum Gasteiger partial charge on any atom is -0.334 e. The average Bonchev–Trinajstić information content (AvgIpc) is 2.60. The molecule has 6 heteroatoms. The Morgan fingerprint density at radius 2 is 1.83 bits per heavy atom. The van der Waals surface area contributed by atoms with Crippen molar-refractivity contribution in [3.63, 3.8) is 0 Å². The number of carbonyl (C=O) groups excluding carboxylic acids is 1. The van der Waals surface area contributed by atoms with Crippen LogP contribution in [0.1, 0.15) is 21.5 Å². The molecule has 3 rings (SSSR count). The summed E-state index contributed by atoms with van der Waals surface area (Å²) < 4.78 is 26.2. The first-order valence-corrected chi connectivity index (χ1v) is 8.89. The fourth-order valence-corrected chi connectivity index (χ4v) is 3.54. The first-order valence-electron chi connectivity index (χ1n) is 7.41. The smallest absolute Gasteiger partial charge is 0.254 e. The third-order valence-electron chi connectivity index (χ3n) is 4.08. The second-order valence-corrected chi connectivity index (χ2v) is 7.37. The first kappa shape index (κ1) is 15.7. The van der Waals surface area contributed by atoms with E-state index in [1.807, 2.05) is 24.3 Å². The van der Waals surface area contributed by atoms with Gasteiger partial charge in [-0.05, 0) is 48.9 Å². The van der Waals surface area contributed by atoms with E-state index in [1.54, 1.807) is 29.2 Å². The number of nitrogens with zero attached hydrogens (tertiary/aromatic N) is 1. The molecule has 0 unspecified atom stereocenters. The highest BCUT2D eigenvalue weighted by molar-refractivity contribution is 7.89. The summed E-state index contributed by atoms with van der Waals surface area (Å²) in [4.78, 5) is 14.5. The second-order valence-electron chi connectivity index (χ2n) is 5.48. The lowest BCUT2D eigenvalue weighted by atomic mass is 9.99. The summed E-state index contributed by atoms with van der Waals surface area (Å²) in [5, 5.41) is 0. The molecular formula is C17H18N2O3S. The summed E-state index contributed by atoms with van der Waals surface area (Å²) in [6.45, 7) is 1.06. The van der Waals surface area contributed by atoms with Gasteiger partial charge in [0.05, 0.1) is 4.90 Å². The summed E-state index contributed by atoms with van der Waals surface area (Å²) >= 11 is 0. The quantitative estimate of drug-likeness (QED) is 0.933. The molecule has 2 aromatic rings. The van der Waals surface area contributed by atoms with Gasteiger partial charge < -0.3 is 4.90 Å². The number of rotatable bonds is 3. The number of hydrogen-bond acceptors (Lipinski definition) is 3. The second kappa shape index (κ2) is 6.14. The molecule has 1 aliphatic heterocycles. The molecule has 0 radical (unpaired) electrons. The number of benzene rings is 2. The van der Waals surface area contributed by atoms with Crippen LogP contribution in [0.3, 0.4) is 0 Å². The van der Waals surface area contributed by atoms with Gasteiger partial charge in [-0.2, -0.15) is 0 Å². The van der Waals surface area contributed by atoms with Crippen molar-refractivity contribution in [1.82, 2.24) is 9.62 Å². The van der Waals surface area contributed by atoms with Gasteiger partial charge in [-0.25, -0.2) is 13.1 Å². The predicted octanol–water partition coefficient (Wildman–Crippen LogP) is 1.79. The topological polar surface area (TPSA) is 66.5 Å². The van der Waals surface area contributed by atoms with Gasteiger partial charge in [0.2, 0.25) is 10.0 Å². The molecule has 23 heavy (non-hydrogen) atoms. The normalized spacial score (nSPS) is 14.4. The molecule has 0 aliphatic carbocycles. The van der Waals surface area contributed by atoms with Crippen molar-refractivity contribution in [2.75, 3.05) is 13.6 Å². The van der Waals surface area contributed by atoms with E-state index in [1.165, 1.54) is 7.05 Å². The maximum atomic E-state index is 12.5. The van der Waals surface area contributed by atoms with Crippen LogP contribution in [0.5, 0.6) is 0 Å². The molecule has 1 N–H and O–H groups in total. The van der Waals surface area contributed by atoms with Gasteiger partial charge in [0, 0.05) is 18.7 Å². The zero-order chi connectivity index (χ0) is 16.4. The van der Waals surface area contributed by atoms with E-state index in [0.717, 1.165) is 17.5 Å². The molecule has 1 heterocycles. The number of amides is 1. The minimum absolute atomic E-state index is 0.0295. The molecular weight excluding hydrogens is 312 g/mol. The Labute approximate surface area is 136 Å². The monoisotopic (exact) mass is 330 g/mol. The molecule has 120 valence electrons. The van der Waals surface area contributed by atoms with Gasteiger partial charge in [-0.15, -0.1) is 0 Å². The van der Waals surface area contributed by atoms with Crippen LogP contribution < -0.4 is 4.72 Å². The molecule has 2 aromatic carbocycles. The Bertz CT molecular complexity index is 832. The first-order chi connectivity index (χ1) is 11.0. The fourth-order valence-electron chi connectivity index (χ4n) is 2.76. The van der Waals surface area contributed by atoms with Crippen LogP contribution in [0.2, 0.25) is 0 Å². The molecule has 0 atom stereocenters. The third kappa shape index (κ3) is 3.13. The molecule has 0 saturated carbocycles. The zero-order valence-corrected chi connectivity index (χ0v) is 13.6. The van der Waals surface area contributed by atoms with Crippen molar-refractivity contribution >= 4 is 15.9 Å². The van der Waals surface area contributed by atoms with Crippen LogP contribution in [0.4, 0.5) is 0 Å². The largest absolute Gasteiger partial charge is 0.334 e. The molecule has 0 fully saturated rings. The van der Waals surface area contributed by atoms with E-state index in [-0.39, 0.29) is 10.8 Å². The lowest BCUT2D eigenvalue weighted by Crippen LogP contribution is -2.36. The molecule has 1 aliphatic rings. The van der Waals surface area contributed by atoms with Crippen LogP contribution in [-0.2, 0) is 23.0 Å². The Balaban J connectivity index is 1.88. The van der Waals surface area contributed by atoms with E-state index >= 15 is 0 Å². The predicted molar refractivity (Wildman–Crippen MR) is 87.6 cm³/mol. The average molecular weight is 330 g/mol. The number of fused-ring (bicyclic) bond motifs is 1. The van der Waals surface area contributed by atoms with E-state index in [2.05, 4.69) is 4.72 Å². The molecule has 1 amide bonds. The number of hydrogen-bond donors (Lipinski definition) is 1. The van der Waals surface area contributed by atoms with Gasteiger partial charge in [-0.3, -0.25) is 4.79 Å². The zero-order valence-electron chi connectivity index (χ0n) is 12.8. The van der Waals surface area contributed by atoms with Crippen molar-refractivity contribution in [3.8, 4) is 0 Å². The van der Waals surface area contributed by atoms with Crippen molar-refractivity contribution in [3.05, 3.63) is 65.2 Å². The van der Waals surface area contributed by atoms with Gasteiger partial charge >= 0.3 is 0 Å². The fraction of sp³-hybridized carbons (Fsp3) is 0.235. The Morgan fingerprint density at radius 3 is 2.52 bits per heavy atom. The minimum atomic E-state index is -3.48. The van der Waals surface area contributed by atoms with E-state index in [4.69, 9.17) is 0 Å². The van der Waals surface area contributed by atoms with Crippen LogP contribution in [0.25, 0.3) is 0 Å². The molecule has 5 nitrogen and oxygen atoms in total. The van der Waals surface area contributed by atoms with Crippen LogP contribution >= 0.6 is 0 Å². The van der Waals surface area contributed by atoms with Crippen molar-refractivity contribution in [2.45, 2.75) is 17.9 Å². The van der Waals surface area contributed by atoms with Crippen molar-refractivity contribution in [1.29, 1.82) is 0 Å². The number of sulfonamides is 1. The molecule has 0 saturated heterocycles. The van der Waals surface area contributed by atoms with Gasteiger partial charge in [-0.1, -0.05) is 24.3 Å². The summed E-state index contributed by atoms with van der Waals surface area (Å²) in [5.74, 6) is -0.0295. The van der Waals surface area contributed by atoms with Crippen molar-refractivity contribution < 1.29 is 13.2 Å². The van der Waals surface area contributed by atoms with E-state index < -0.39 is 10.0 Å². The number of carbonyl (C=O) groups is 1. The lowest BCUT2D eigenvalue weighted by molar-refractivity contribution is 0.0734. The van der Waals surface area contributed by atoms with E-state index in [9.17, 15) is 13.2 Å². The third-order valence-corrected chi connectivity index (χ3v) is 5.49. The summed E-state index contributed by atoms with van der Waals surface area (Å²) in [7, 11) is -2.09. The summed E-state index contributed by atoms with van der Waals surface area (Å²) in [6.07, 6.45) is 0.730. The highest BCUT2D eigenvalue weighted by Crippen LogP contribution is 2.23. The molecule has 0 bridgehead atoms. The molecule has 0 spiro atoms. The Hall–Kier alpha value is -2.18. The van der Waals surface area contributed by atoms with Gasteiger partial charge in [0.25, 0.3) is 5.91 Å². The lowest BCUT2D eigenvalue weighted by Gasteiger charge is -2.29. The van der Waals surface area contributed by atoms with Crippen LogP contribution in [0, 0.1) is 0 Å². The summed E-state index contributed by atoms with van der Waals surface area (Å²) in [6, 6.07) is 14.2. The summed E-state index contributed by atoms with van der Waals surface area (Å²) in [5.41, 5.74) is 2.63. The van der Waals surface area contributed by atoms with Crippen molar-refractivity contribution in [2.24, 2.45) is 0 Å². The highest BCUT2D eigenvalue weighted by atomic mass is 32.2. The number of nitrogens with one attached hydrogen (secondary N) is 1. The van der Waals surface area contributed by atoms with Gasteiger partial charge in [0.1, 0.15) is 0 Å². The maximum absolute atomic E-state index is 12.5. The Kier molecular flexibility index (Phi) is 4.19. The highest BCUT2D eigenvalue weighted by Gasteiger charge is 2.23. The maximum Gasteiger partial charge on any atom is 0.254 e. The standard InChI is InChI=1S/C17H18N2O3S/c1-18-23(21,22)16-8-7-13-9-10-19(12-15(13)11-16)17(20)14-5-3-2-4-6-14/h2-8,11,18H,9-10,12H2,1H3.